The third kappa shape index (κ3) is 9.23. The van der Waals surface area contributed by atoms with E-state index in [1.165, 1.54) is 35.2 Å². The van der Waals surface area contributed by atoms with Gasteiger partial charge in [0.05, 0.1) is 10.6 Å². The van der Waals surface area contributed by atoms with Crippen LogP contribution in [0.2, 0.25) is 15.1 Å². The van der Waals surface area contributed by atoms with E-state index in [4.69, 9.17) is 34.8 Å². The average Bonchev–Trinajstić information content (AvgIpc) is 3.01. The van der Waals surface area contributed by atoms with Crippen molar-refractivity contribution in [3.05, 3.63) is 129 Å². The number of carbonyl (C=O) groups excluding carboxylic acids is 2. The summed E-state index contributed by atoms with van der Waals surface area (Å²) >= 11 is 18.8. The predicted molar refractivity (Wildman–Crippen MR) is 181 cm³/mol. The first-order valence-corrected chi connectivity index (χ1v) is 16.9. The zero-order valence-corrected chi connectivity index (χ0v) is 28.0. The maximum Gasteiger partial charge on any atom is 0.264 e. The van der Waals surface area contributed by atoms with Crippen molar-refractivity contribution in [2.75, 3.05) is 17.4 Å². The van der Waals surface area contributed by atoms with Crippen LogP contribution >= 0.6 is 34.8 Å². The standard InChI is InChI=1S/C34H34Cl3N3O4S/c1-24(2)21-38-34(42)32(19-25-9-4-3-5-10-25)39(22-26-11-6-7-14-31(26)37)33(41)23-40(29-13-8-12-28(36)20-29)45(43,44)30-17-15-27(35)16-18-30/h3-18,20,24,32H,19,21-23H2,1-2H3,(H,38,42)/t32-/m1/s1. The van der Waals surface area contributed by atoms with E-state index in [-0.39, 0.29) is 35.4 Å². The largest absolute Gasteiger partial charge is 0.354 e. The van der Waals surface area contributed by atoms with Crippen LogP contribution in [0.15, 0.2) is 108 Å². The molecule has 0 saturated carbocycles. The molecule has 1 N–H and O–H groups in total. The first-order chi connectivity index (χ1) is 21.5. The van der Waals surface area contributed by atoms with E-state index < -0.39 is 28.5 Å². The molecular weight excluding hydrogens is 653 g/mol. The Balaban J connectivity index is 1.81. The van der Waals surface area contributed by atoms with Crippen molar-refractivity contribution in [1.29, 1.82) is 0 Å². The molecule has 0 fully saturated rings. The molecule has 236 valence electrons. The summed E-state index contributed by atoms with van der Waals surface area (Å²) < 4.78 is 29.1. The molecule has 0 saturated heterocycles. The summed E-state index contributed by atoms with van der Waals surface area (Å²) in [6.07, 6.45) is 0.196. The molecule has 0 aromatic heterocycles. The zero-order valence-electron chi connectivity index (χ0n) is 24.9. The number of nitrogens with zero attached hydrogens (tertiary/aromatic N) is 2. The molecule has 45 heavy (non-hydrogen) atoms. The first kappa shape index (κ1) is 34.3. The highest BCUT2D eigenvalue weighted by atomic mass is 35.5. The van der Waals surface area contributed by atoms with Crippen LogP contribution in [-0.4, -0.2) is 44.3 Å². The SMILES string of the molecule is CC(C)CNC(=O)[C@@H](Cc1ccccc1)N(Cc1ccccc1Cl)C(=O)CN(c1cccc(Cl)c1)S(=O)(=O)c1ccc(Cl)cc1. The van der Waals surface area contributed by atoms with E-state index in [1.54, 1.807) is 42.5 Å². The van der Waals surface area contributed by atoms with E-state index in [0.29, 0.717) is 27.2 Å². The molecule has 4 rings (SSSR count). The molecule has 4 aromatic rings. The Hall–Kier alpha value is -3.56. The van der Waals surface area contributed by atoms with Crippen molar-refractivity contribution in [3.8, 4) is 0 Å². The van der Waals surface area contributed by atoms with Gasteiger partial charge in [0.15, 0.2) is 0 Å². The summed E-state index contributed by atoms with van der Waals surface area (Å²) in [6, 6.07) is 27.3. The molecule has 11 heteroatoms. The van der Waals surface area contributed by atoms with Crippen molar-refractivity contribution in [2.45, 2.75) is 37.8 Å². The van der Waals surface area contributed by atoms with Crippen LogP contribution in [0.3, 0.4) is 0 Å². The highest BCUT2D eigenvalue weighted by Crippen LogP contribution is 2.28. The lowest BCUT2D eigenvalue weighted by Crippen LogP contribution is -2.53. The summed E-state index contributed by atoms with van der Waals surface area (Å²) in [4.78, 5) is 29.6. The Morgan fingerprint density at radius 3 is 2.11 bits per heavy atom. The number of benzene rings is 4. The van der Waals surface area contributed by atoms with Gasteiger partial charge >= 0.3 is 0 Å². The fraction of sp³-hybridized carbons (Fsp3) is 0.235. The van der Waals surface area contributed by atoms with Crippen molar-refractivity contribution in [1.82, 2.24) is 10.2 Å². The van der Waals surface area contributed by atoms with Gasteiger partial charge in [0.2, 0.25) is 11.8 Å². The van der Waals surface area contributed by atoms with Crippen LogP contribution < -0.4 is 9.62 Å². The fourth-order valence-electron chi connectivity index (χ4n) is 4.68. The molecule has 0 spiro atoms. The Kier molecular flexibility index (Phi) is 11.9. The zero-order chi connectivity index (χ0) is 32.6. The number of nitrogens with one attached hydrogen (secondary N) is 1. The number of sulfonamides is 1. The van der Waals surface area contributed by atoms with Crippen LogP contribution in [0.1, 0.15) is 25.0 Å². The van der Waals surface area contributed by atoms with E-state index in [2.05, 4.69) is 5.32 Å². The van der Waals surface area contributed by atoms with E-state index in [0.717, 1.165) is 9.87 Å². The van der Waals surface area contributed by atoms with Gasteiger partial charge in [-0.25, -0.2) is 8.42 Å². The van der Waals surface area contributed by atoms with Crippen molar-refractivity contribution >= 4 is 62.3 Å². The fourth-order valence-corrected chi connectivity index (χ4v) is 6.59. The quantitative estimate of drug-likeness (QED) is 0.161. The second-order valence-corrected chi connectivity index (χ2v) is 14.0. The van der Waals surface area contributed by atoms with Crippen LogP contribution in [-0.2, 0) is 32.6 Å². The Morgan fingerprint density at radius 2 is 1.47 bits per heavy atom. The molecule has 7 nitrogen and oxygen atoms in total. The molecule has 0 radical (unpaired) electrons. The van der Waals surface area contributed by atoms with E-state index in [1.807, 2.05) is 44.2 Å². The van der Waals surface area contributed by atoms with E-state index >= 15 is 0 Å². The summed E-state index contributed by atoms with van der Waals surface area (Å²) in [5.41, 5.74) is 1.63. The van der Waals surface area contributed by atoms with Gasteiger partial charge in [0.1, 0.15) is 12.6 Å². The van der Waals surface area contributed by atoms with Gasteiger partial charge in [0.25, 0.3) is 10.0 Å². The molecule has 2 amide bonds. The second kappa shape index (κ2) is 15.6. The number of rotatable bonds is 13. The summed E-state index contributed by atoms with van der Waals surface area (Å²) in [5.74, 6) is -0.794. The third-order valence-electron chi connectivity index (χ3n) is 7.03. The molecule has 1 atom stereocenters. The number of hydrogen-bond acceptors (Lipinski definition) is 4. The molecule has 0 bridgehead atoms. The van der Waals surface area contributed by atoms with Gasteiger partial charge in [0, 0.05) is 34.6 Å². The highest BCUT2D eigenvalue weighted by Gasteiger charge is 2.35. The number of halogens is 3. The molecular formula is C34H34Cl3N3O4S. The minimum absolute atomic E-state index is 0.0323. The minimum atomic E-state index is -4.28. The van der Waals surface area contributed by atoms with Gasteiger partial charge in [-0.15, -0.1) is 0 Å². The highest BCUT2D eigenvalue weighted by molar-refractivity contribution is 7.92. The number of hydrogen-bond donors (Lipinski definition) is 1. The van der Waals surface area contributed by atoms with Gasteiger partial charge in [-0.3, -0.25) is 13.9 Å². The maximum absolute atomic E-state index is 14.5. The van der Waals surface area contributed by atoms with Gasteiger partial charge in [-0.05, 0) is 65.6 Å². The van der Waals surface area contributed by atoms with Gasteiger partial charge in [-0.1, -0.05) is 103 Å². The van der Waals surface area contributed by atoms with Crippen molar-refractivity contribution < 1.29 is 18.0 Å². The van der Waals surface area contributed by atoms with Gasteiger partial charge in [-0.2, -0.15) is 0 Å². The number of carbonyl (C=O) groups is 2. The molecule has 0 heterocycles. The average molecular weight is 687 g/mol. The first-order valence-electron chi connectivity index (χ1n) is 14.3. The maximum atomic E-state index is 14.5. The summed E-state index contributed by atoms with van der Waals surface area (Å²) in [6.45, 7) is 3.71. The monoisotopic (exact) mass is 685 g/mol. The number of amides is 2. The summed E-state index contributed by atoms with van der Waals surface area (Å²) in [7, 11) is -4.28. The topological polar surface area (TPSA) is 86.8 Å². The normalized spacial score (nSPS) is 12.0. The molecule has 0 aliphatic heterocycles. The second-order valence-electron chi connectivity index (χ2n) is 10.9. The predicted octanol–water partition coefficient (Wildman–Crippen LogP) is 7.25. The van der Waals surface area contributed by atoms with Crippen LogP contribution in [0.5, 0.6) is 0 Å². The lowest BCUT2D eigenvalue weighted by atomic mass is 10.0. The van der Waals surface area contributed by atoms with Crippen LogP contribution in [0.25, 0.3) is 0 Å². The molecule has 0 unspecified atom stereocenters. The lowest BCUT2D eigenvalue weighted by Gasteiger charge is -2.34. The van der Waals surface area contributed by atoms with Crippen LogP contribution in [0.4, 0.5) is 5.69 Å². The van der Waals surface area contributed by atoms with Gasteiger partial charge < -0.3 is 10.2 Å². The van der Waals surface area contributed by atoms with Crippen molar-refractivity contribution in [2.24, 2.45) is 5.92 Å². The molecule has 0 aliphatic rings. The minimum Gasteiger partial charge on any atom is -0.354 e. The molecule has 4 aromatic carbocycles. The number of anilines is 1. The smallest absolute Gasteiger partial charge is 0.264 e. The Bertz CT molecular complexity index is 1720. The summed E-state index contributed by atoms with van der Waals surface area (Å²) in [5, 5.41) is 4.03. The van der Waals surface area contributed by atoms with Crippen molar-refractivity contribution in [3.63, 3.8) is 0 Å². The van der Waals surface area contributed by atoms with Crippen LogP contribution in [0, 0.1) is 5.92 Å². The lowest BCUT2D eigenvalue weighted by molar-refractivity contribution is -0.140. The van der Waals surface area contributed by atoms with E-state index in [9.17, 15) is 18.0 Å². The Morgan fingerprint density at radius 1 is 0.800 bits per heavy atom. The third-order valence-corrected chi connectivity index (χ3v) is 9.67. The Labute approximate surface area is 279 Å². The molecule has 0 aliphatic carbocycles.